The second-order valence-corrected chi connectivity index (χ2v) is 7.26. The number of likely N-dealkylation sites (tertiary alicyclic amines) is 1. The molecule has 3 rings (SSSR count). The van der Waals surface area contributed by atoms with Gasteiger partial charge in [-0.25, -0.2) is 0 Å². The summed E-state index contributed by atoms with van der Waals surface area (Å²) in [6, 6.07) is 11.7. The molecule has 1 aliphatic rings. The third kappa shape index (κ3) is 4.44. The highest BCUT2D eigenvalue weighted by molar-refractivity contribution is 5.71. The van der Waals surface area contributed by atoms with Crippen LogP contribution in [0.25, 0.3) is 0 Å². The molecule has 2 aromatic rings. The minimum atomic E-state index is -0.718. The summed E-state index contributed by atoms with van der Waals surface area (Å²) in [6.07, 6.45) is 0. The maximum Gasteiger partial charge on any atom is 0.309 e. The van der Waals surface area contributed by atoms with Gasteiger partial charge in [0.2, 0.25) is 0 Å². The van der Waals surface area contributed by atoms with Crippen molar-refractivity contribution < 1.29 is 19.4 Å². The minimum absolute atomic E-state index is 0.244. The van der Waals surface area contributed by atoms with Crippen LogP contribution in [0, 0.1) is 31.1 Å². The van der Waals surface area contributed by atoms with Crippen LogP contribution in [0.15, 0.2) is 30.3 Å². The van der Waals surface area contributed by atoms with E-state index in [0.29, 0.717) is 31.0 Å². The van der Waals surface area contributed by atoms with Crippen LogP contribution in [0.4, 0.5) is 0 Å². The number of benzene rings is 2. The smallest absolute Gasteiger partial charge is 0.309 e. The van der Waals surface area contributed by atoms with Gasteiger partial charge in [-0.1, -0.05) is 12.1 Å². The van der Waals surface area contributed by atoms with Crippen molar-refractivity contribution in [2.24, 2.45) is 5.92 Å². The summed E-state index contributed by atoms with van der Waals surface area (Å²) in [6.45, 7) is 6.31. The molecule has 0 atom stereocenters. The fourth-order valence-electron chi connectivity index (χ4n) is 3.55. The average molecular weight is 380 g/mol. The number of carboxylic acid groups (broad SMARTS) is 1. The highest BCUT2D eigenvalue weighted by Crippen LogP contribution is 2.28. The maximum atomic E-state index is 10.9. The number of hydrogen-bond acceptors (Lipinski definition) is 5. The largest absolute Gasteiger partial charge is 0.497 e. The Morgan fingerprint density at radius 1 is 1.18 bits per heavy atom. The van der Waals surface area contributed by atoms with E-state index in [9.17, 15) is 4.79 Å². The number of nitriles is 1. The molecule has 146 valence electrons. The van der Waals surface area contributed by atoms with Crippen LogP contribution >= 0.6 is 0 Å². The molecule has 0 unspecified atom stereocenters. The Morgan fingerprint density at radius 2 is 1.86 bits per heavy atom. The zero-order valence-electron chi connectivity index (χ0n) is 16.4. The van der Waals surface area contributed by atoms with Crippen molar-refractivity contribution in [3.05, 3.63) is 58.1 Å². The number of aryl methyl sites for hydroxylation is 2. The van der Waals surface area contributed by atoms with Crippen LogP contribution in [0.3, 0.4) is 0 Å². The summed E-state index contributed by atoms with van der Waals surface area (Å²) >= 11 is 0. The molecule has 0 aromatic heterocycles. The molecule has 1 N–H and O–H groups in total. The molecule has 6 heteroatoms. The van der Waals surface area contributed by atoms with Gasteiger partial charge in [-0.2, -0.15) is 5.26 Å². The molecule has 1 heterocycles. The quantitative estimate of drug-likeness (QED) is 0.794. The van der Waals surface area contributed by atoms with E-state index < -0.39 is 5.97 Å². The Balaban J connectivity index is 1.67. The van der Waals surface area contributed by atoms with Gasteiger partial charge < -0.3 is 14.6 Å². The fourth-order valence-corrected chi connectivity index (χ4v) is 3.55. The van der Waals surface area contributed by atoms with Crippen LogP contribution in [-0.2, 0) is 17.9 Å². The van der Waals surface area contributed by atoms with E-state index in [1.165, 1.54) is 0 Å². The SMILES string of the molecule is COc1cc(C#N)cc(COc2c(C)cc(CN3CC(C(=O)O)C3)cc2C)c1. The monoisotopic (exact) mass is 380 g/mol. The Bertz CT molecular complexity index is 904. The summed E-state index contributed by atoms with van der Waals surface area (Å²) in [5, 5.41) is 18.1. The van der Waals surface area contributed by atoms with Crippen LogP contribution in [-0.4, -0.2) is 36.2 Å². The van der Waals surface area contributed by atoms with E-state index in [2.05, 4.69) is 23.1 Å². The maximum absolute atomic E-state index is 10.9. The number of nitrogens with zero attached hydrogens (tertiary/aromatic N) is 2. The van der Waals surface area contributed by atoms with Crippen LogP contribution in [0.2, 0.25) is 0 Å². The first kappa shape index (κ1) is 19.7. The van der Waals surface area contributed by atoms with Gasteiger partial charge in [0.05, 0.1) is 24.7 Å². The molecule has 1 saturated heterocycles. The lowest BCUT2D eigenvalue weighted by molar-refractivity contribution is -0.147. The van der Waals surface area contributed by atoms with Crippen molar-refractivity contribution in [2.45, 2.75) is 27.0 Å². The number of rotatable bonds is 7. The first-order valence-electron chi connectivity index (χ1n) is 9.15. The number of aliphatic carboxylic acids is 1. The number of ether oxygens (including phenoxy) is 2. The molecule has 0 saturated carbocycles. The Hall–Kier alpha value is -3.04. The molecular weight excluding hydrogens is 356 g/mol. The van der Waals surface area contributed by atoms with E-state index in [-0.39, 0.29) is 5.92 Å². The van der Waals surface area contributed by atoms with E-state index in [0.717, 1.165) is 34.5 Å². The van der Waals surface area contributed by atoms with Gasteiger partial charge in [-0.3, -0.25) is 9.69 Å². The van der Waals surface area contributed by atoms with Crippen LogP contribution < -0.4 is 9.47 Å². The lowest BCUT2D eigenvalue weighted by Gasteiger charge is -2.36. The fraction of sp³-hybridized carbons (Fsp3) is 0.364. The second-order valence-electron chi connectivity index (χ2n) is 7.26. The lowest BCUT2D eigenvalue weighted by Crippen LogP contribution is -2.49. The Morgan fingerprint density at radius 3 is 2.43 bits per heavy atom. The van der Waals surface area contributed by atoms with Gasteiger partial charge in [0, 0.05) is 19.6 Å². The molecule has 0 spiro atoms. The molecule has 2 aromatic carbocycles. The molecule has 0 bridgehead atoms. The molecule has 0 aliphatic carbocycles. The molecule has 28 heavy (non-hydrogen) atoms. The van der Waals surface area contributed by atoms with E-state index in [1.54, 1.807) is 19.2 Å². The second kappa shape index (κ2) is 8.32. The van der Waals surface area contributed by atoms with Crippen molar-refractivity contribution in [3.8, 4) is 17.6 Å². The van der Waals surface area contributed by atoms with E-state index in [4.69, 9.17) is 19.8 Å². The number of carboxylic acids is 1. The number of carbonyl (C=O) groups is 1. The summed E-state index contributed by atoms with van der Waals surface area (Å²) in [4.78, 5) is 13.1. The molecule has 6 nitrogen and oxygen atoms in total. The van der Waals surface area contributed by atoms with Crippen LogP contribution in [0.5, 0.6) is 11.5 Å². The molecule has 0 radical (unpaired) electrons. The number of hydrogen-bond donors (Lipinski definition) is 1. The van der Waals surface area contributed by atoms with Crippen molar-refractivity contribution in [1.82, 2.24) is 4.90 Å². The van der Waals surface area contributed by atoms with Crippen LogP contribution in [0.1, 0.15) is 27.8 Å². The zero-order valence-corrected chi connectivity index (χ0v) is 16.4. The Labute approximate surface area is 164 Å². The molecule has 1 aliphatic heterocycles. The van der Waals surface area contributed by atoms with Crippen molar-refractivity contribution in [1.29, 1.82) is 5.26 Å². The van der Waals surface area contributed by atoms with Gasteiger partial charge in [0.15, 0.2) is 0 Å². The summed E-state index contributed by atoms with van der Waals surface area (Å²) in [7, 11) is 1.57. The standard InChI is InChI=1S/C22H24N2O4/c1-14-4-17(10-24-11-19(12-24)22(25)26)5-15(2)21(14)28-13-18-6-16(9-23)7-20(8-18)27-3/h4-8,19H,10-13H2,1-3H3,(H,25,26). The van der Waals surface area contributed by atoms with E-state index in [1.807, 2.05) is 19.9 Å². The van der Waals surface area contributed by atoms with Crippen molar-refractivity contribution in [3.63, 3.8) is 0 Å². The lowest BCUT2D eigenvalue weighted by atomic mass is 9.98. The first-order chi connectivity index (χ1) is 13.4. The van der Waals surface area contributed by atoms with Gasteiger partial charge in [0.1, 0.15) is 18.1 Å². The third-order valence-corrected chi connectivity index (χ3v) is 4.95. The summed E-state index contributed by atoms with van der Waals surface area (Å²) < 4.78 is 11.3. The predicted octanol–water partition coefficient (Wildman–Crippen LogP) is 3.28. The third-order valence-electron chi connectivity index (χ3n) is 4.95. The van der Waals surface area contributed by atoms with Gasteiger partial charge in [0.25, 0.3) is 0 Å². The molecule has 0 amide bonds. The topological polar surface area (TPSA) is 82.8 Å². The van der Waals surface area contributed by atoms with E-state index >= 15 is 0 Å². The highest BCUT2D eigenvalue weighted by atomic mass is 16.5. The normalized spacial score (nSPS) is 14.2. The predicted molar refractivity (Wildman–Crippen MR) is 104 cm³/mol. The zero-order chi connectivity index (χ0) is 20.3. The van der Waals surface area contributed by atoms with Gasteiger partial charge >= 0.3 is 5.97 Å². The minimum Gasteiger partial charge on any atom is -0.497 e. The van der Waals surface area contributed by atoms with Gasteiger partial charge in [-0.15, -0.1) is 0 Å². The highest BCUT2D eigenvalue weighted by Gasteiger charge is 2.32. The Kier molecular flexibility index (Phi) is 5.86. The first-order valence-corrected chi connectivity index (χ1v) is 9.15. The van der Waals surface area contributed by atoms with Gasteiger partial charge in [-0.05, 0) is 54.3 Å². The van der Waals surface area contributed by atoms with Crippen molar-refractivity contribution >= 4 is 5.97 Å². The number of methoxy groups -OCH3 is 1. The summed E-state index contributed by atoms with van der Waals surface area (Å²) in [5.74, 6) is 0.503. The molecular formula is C22H24N2O4. The summed E-state index contributed by atoms with van der Waals surface area (Å²) in [5.41, 5.74) is 4.64. The average Bonchev–Trinajstić information content (AvgIpc) is 2.62. The van der Waals surface area contributed by atoms with Crippen molar-refractivity contribution in [2.75, 3.05) is 20.2 Å². The molecule has 1 fully saturated rings.